The van der Waals surface area contributed by atoms with Gasteiger partial charge in [-0.2, -0.15) is 0 Å². The minimum absolute atomic E-state index is 0.0640. The number of benzene rings is 2. The van der Waals surface area contributed by atoms with Gasteiger partial charge in [-0.1, -0.05) is 54.1 Å². The van der Waals surface area contributed by atoms with Gasteiger partial charge in [0.25, 0.3) is 5.91 Å². The van der Waals surface area contributed by atoms with Crippen LogP contribution in [0, 0.1) is 0 Å². The number of quaternary nitrogens is 1. The standard InChI is InChI=1S/C19H21ClN2O/c1-14(19(23)21-12-16-7-4-5-9-18(16)20)22-11-10-15-6-2-3-8-17(15)13-22/h2-9,14H,10-13H2,1H3,(H,21,23)/p+1/t14-/m1/s1. The molecule has 2 N–H and O–H groups in total. The molecular formula is C19H22ClN2O+. The summed E-state index contributed by atoms with van der Waals surface area (Å²) in [6.07, 6.45) is 1.04. The minimum atomic E-state index is -0.0640. The lowest BCUT2D eigenvalue weighted by Gasteiger charge is -2.30. The van der Waals surface area contributed by atoms with Gasteiger partial charge < -0.3 is 10.2 Å². The first-order valence-electron chi connectivity index (χ1n) is 8.07. The fourth-order valence-corrected chi connectivity index (χ4v) is 3.34. The van der Waals surface area contributed by atoms with E-state index < -0.39 is 0 Å². The third-order valence-electron chi connectivity index (χ3n) is 4.67. The van der Waals surface area contributed by atoms with Gasteiger partial charge >= 0.3 is 0 Å². The van der Waals surface area contributed by atoms with E-state index in [0.717, 1.165) is 25.1 Å². The van der Waals surface area contributed by atoms with Crippen molar-refractivity contribution in [3.63, 3.8) is 0 Å². The number of nitrogens with one attached hydrogen (secondary N) is 2. The van der Waals surface area contributed by atoms with Crippen LogP contribution in [0.5, 0.6) is 0 Å². The van der Waals surface area contributed by atoms with E-state index in [1.54, 1.807) is 0 Å². The molecule has 1 aliphatic rings. The van der Waals surface area contributed by atoms with E-state index in [0.29, 0.717) is 11.6 Å². The molecule has 2 aromatic rings. The highest BCUT2D eigenvalue weighted by atomic mass is 35.5. The van der Waals surface area contributed by atoms with Gasteiger partial charge in [-0.15, -0.1) is 0 Å². The Hall–Kier alpha value is -1.84. The number of rotatable bonds is 4. The Labute approximate surface area is 142 Å². The molecule has 1 amide bonds. The maximum atomic E-state index is 12.5. The number of amides is 1. The van der Waals surface area contributed by atoms with Crippen LogP contribution in [0.3, 0.4) is 0 Å². The van der Waals surface area contributed by atoms with Crippen LogP contribution in [0.25, 0.3) is 0 Å². The number of halogens is 1. The van der Waals surface area contributed by atoms with E-state index in [9.17, 15) is 4.79 Å². The van der Waals surface area contributed by atoms with Gasteiger partial charge in [0.1, 0.15) is 6.54 Å². The average Bonchev–Trinajstić information content (AvgIpc) is 2.59. The van der Waals surface area contributed by atoms with E-state index in [4.69, 9.17) is 11.6 Å². The lowest BCUT2D eigenvalue weighted by molar-refractivity contribution is -0.929. The molecule has 2 atom stereocenters. The van der Waals surface area contributed by atoms with Crippen molar-refractivity contribution in [2.24, 2.45) is 0 Å². The molecule has 1 unspecified atom stereocenters. The average molecular weight is 330 g/mol. The zero-order valence-corrected chi connectivity index (χ0v) is 14.1. The molecule has 0 bridgehead atoms. The summed E-state index contributed by atoms with van der Waals surface area (Å²) in [5.74, 6) is 0.0827. The Kier molecular flexibility index (Phi) is 4.99. The van der Waals surface area contributed by atoms with Crippen molar-refractivity contribution < 1.29 is 9.69 Å². The maximum absolute atomic E-state index is 12.5. The van der Waals surface area contributed by atoms with Crippen LogP contribution >= 0.6 is 11.6 Å². The predicted molar refractivity (Wildman–Crippen MR) is 92.4 cm³/mol. The molecule has 0 spiro atoms. The molecule has 1 aliphatic heterocycles. The first-order chi connectivity index (χ1) is 11.1. The summed E-state index contributed by atoms with van der Waals surface area (Å²) < 4.78 is 0. The van der Waals surface area contributed by atoms with E-state index in [1.807, 2.05) is 31.2 Å². The van der Waals surface area contributed by atoms with Crippen LogP contribution in [0.4, 0.5) is 0 Å². The molecule has 0 saturated heterocycles. The minimum Gasteiger partial charge on any atom is -0.347 e. The van der Waals surface area contributed by atoms with Gasteiger partial charge in [0.2, 0.25) is 0 Å². The topological polar surface area (TPSA) is 33.5 Å². The normalized spacial score (nSPS) is 18.1. The van der Waals surface area contributed by atoms with Gasteiger partial charge in [-0.05, 0) is 24.1 Å². The summed E-state index contributed by atoms with van der Waals surface area (Å²) in [7, 11) is 0. The molecule has 0 aromatic heterocycles. The van der Waals surface area contributed by atoms with Crippen molar-refractivity contribution in [2.75, 3.05) is 6.54 Å². The first-order valence-corrected chi connectivity index (χ1v) is 8.45. The Bertz CT molecular complexity index is 701. The van der Waals surface area contributed by atoms with Crippen molar-refractivity contribution in [3.05, 3.63) is 70.2 Å². The summed E-state index contributed by atoms with van der Waals surface area (Å²) in [6.45, 7) is 4.40. The predicted octanol–water partition coefficient (Wildman–Crippen LogP) is 1.99. The van der Waals surface area contributed by atoms with Gasteiger partial charge in [0.15, 0.2) is 6.04 Å². The van der Waals surface area contributed by atoms with Crippen LogP contribution < -0.4 is 10.2 Å². The van der Waals surface area contributed by atoms with Crippen molar-refractivity contribution >= 4 is 17.5 Å². The summed E-state index contributed by atoms with van der Waals surface area (Å²) >= 11 is 6.14. The van der Waals surface area contributed by atoms with Gasteiger partial charge in [0.05, 0.1) is 6.54 Å². The largest absolute Gasteiger partial charge is 0.347 e. The van der Waals surface area contributed by atoms with E-state index in [2.05, 4.69) is 29.6 Å². The van der Waals surface area contributed by atoms with Gasteiger partial charge in [0, 0.05) is 23.6 Å². The second kappa shape index (κ2) is 7.16. The molecule has 0 fully saturated rings. The molecule has 3 rings (SSSR count). The van der Waals surface area contributed by atoms with E-state index >= 15 is 0 Å². The molecule has 4 heteroatoms. The SMILES string of the molecule is C[C@H](C(=O)NCc1ccccc1Cl)[NH+]1CCc2ccccc2C1. The second-order valence-corrected chi connectivity index (χ2v) is 6.54. The quantitative estimate of drug-likeness (QED) is 0.883. The van der Waals surface area contributed by atoms with E-state index in [-0.39, 0.29) is 11.9 Å². The molecule has 0 radical (unpaired) electrons. The molecule has 1 heterocycles. The van der Waals surface area contributed by atoms with Gasteiger partial charge in [-0.3, -0.25) is 4.79 Å². The van der Waals surface area contributed by atoms with Crippen molar-refractivity contribution in [2.45, 2.75) is 32.5 Å². The lowest BCUT2D eigenvalue weighted by Crippen LogP contribution is -3.16. The summed E-state index contributed by atoms with van der Waals surface area (Å²) in [5.41, 5.74) is 3.73. The number of hydrogen-bond donors (Lipinski definition) is 2. The van der Waals surface area contributed by atoms with Crippen LogP contribution in [-0.4, -0.2) is 18.5 Å². The van der Waals surface area contributed by atoms with E-state index in [1.165, 1.54) is 16.0 Å². The summed E-state index contributed by atoms with van der Waals surface area (Å²) in [4.78, 5) is 13.8. The van der Waals surface area contributed by atoms with Crippen LogP contribution in [0.15, 0.2) is 48.5 Å². The number of fused-ring (bicyclic) bond motifs is 1. The second-order valence-electron chi connectivity index (χ2n) is 6.13. The Morgan fingerprint density at radius 1 is 1.17 bits per heavy atom. The number of carbonyl (C=O) groups is 1. The third-order valence-corrected chi connectivity index (χ3v) is 5.04. The Balaban J connectivity index is 1.59. The van der Waals surface area contributed by atoms with Crippen LogP contribution in [0.2, 0.25) is 5.02 Å². The van der Waals surface area contributed by atoms with Crippen molar-refractivity contribution in [1.29, 1.82) is 0 Å². The van der Waals surface area contributed by atoms with Crippen molar-refractivity contribution in [3.8, 4) is 0 Å². The maximum Gasteiger partial charge on any atom is 0.278 e. The highest BCUT2D eigenvalue weighted by Crippen LogP contribution is 2.14. The van der Waals surface area contributed by atoms with Crippen molar-refractivity contribution in [1.82, 2.24) is 5.32 Å². The zero-order chi connectivity index (χ0) is 16.2. The highest BCUT2D eigenvalue weighted by Gasteiger charge is 2.28. The van der Waals surface area contributed by atoms with Crippen LogP contribution in [0.1, 0.15) is 23.6 Å². The number of hydrogen-bond acceptors (Lipinski definition) is 1. The first kappa shape index (κ1) is 16.0. The molecule has 2 aromatic carbocycles. The summed E-state index contributed by atoms with van der Waals surface area (Å²) in [6, 6.07) is 16.1. The number of carbonyl (C=O) groups excluding carboxylic acids is 1. The molecular weight excluding hydrogens is 308 g/mol. The van der Waals surface area contributed by atoms with Crippen LogP contribution in [-0.2, 0) is 24.3 Å². The molecule has 3 nitrogen and oxygen atoms in total. The zero-order valence-electron chi connectivity index (χ0n) is 13.3. The Morgan fingerprint density at radius 2 is 1.87 bits per heavy atom. The fraction of sp³-hybridized carbons (Fsp3) is 0.316. The third kappa shape index (κ3) is 3.74. The molecule has 0 saturated carbocycles. The summed E-state index contributed by atoms with van der Waals surface area (Å²) in [5, 5.41) is 3.71. The smallest absolute Gasteiger partial charge is 0.278 e. The Morgan fingerprint density at radius 3 is 2.65 bits per heavy atom. The van der Waals surface area contributed by atoms with Gasteiger partial charge in [-0.25, -0.2) is 0 Å². The molecule has 0 aliphatic carbocycles. The molecule has 120 valence electrons. The monoisotopic (exact) mass is 329 g/mol. The fourth-order valence-electron chi connectivity index (χ4n) is 3.13. The lowest BCUT2D eigenvalue weighted by atomic mass is 9.99. The molecule has 23 heavy (non-hydrogen) atoms. The highest BCUT2D eigenvalue weighted by molar-refractivity contribution is 6.31.